The van der Waals surface area contributed by atoms with Crippen molar-refractivity contribution in [3.63, 3.8) is 0 Å². The molecule has 5 heteroatoms. The Balaban J connectivity index is 2.11. The number of aromatic nitrogens is 2. The lowest BCUT2D eigenvalue weighted by molar-refractivity contribution is 0.441. The van der Waals surface area contributed by atoms with Gasteiger partial charge in [-0.05, 0) is 24.3 Å². The minimum Gasteiger partial charge on any atom is -0.424 e. The molecule has 2 rings (SSSR count). The number of ether oxygens (including phenoxy) is 1. The molecule has 0 spiro atoms. The summed E-state index contributed by atoms with van der Waals surface area (Å²) in [5.74, 6) is 0.698. The molecule has 0 amide bonds. The van der Waals surface area contributed by atoms with E-state index in [2.05, 4.69) is 25.9 Å². The van der Waals surface area contributed by atoms with E-state index in [0.717, 1.165) is 10.0 Å². The molecule has 0 bridgehead atoms. The van der Waals surface area contributed by atoms with Gasteiger partial charge in [0.15, 0.2) is 0 Å². The number of nitrogens with two attached hydrogens (primary N) is 1. The fourth-order valence-electron chi connectivity index (χ4n) is 1.11. The van der Waals surface area contributed by atoms with Gasteiger partial charge < -0.3 is 10.5 Å². The summed E-state index contributed by atoms with van der Waals surface area (Å²) in [6.45, 7) is 0.429. The minimum atomic E-state index is 0.319. The van der Waals surface area contributed by atoms with Crippen molar-refractivity contribution in [1.82, 2.24) is 9.97 Å². The monoisotopic (exact) mass is 279 g/mol. The van der Waals surface area contributed by atoms with Crippen LogP contribution in [0.15, 0.2) is 41.1 Å². The molecule has 4 nitrogen and oxygen atoms in total. The molecule has 0 saturated carbocycles. The Hall–Kier alpha value is -1.46. The average molecular weight is 280 g/mol. The molecule has 0 saturated heterocycles. The predicted molar refractivity (Wildman–Crippen MR) is 64.1 cm³/mol. The van der Waals surface area contributed by atoms with Crippen molar-refractivity contribution in [2.45, 2.75) is 6.54 Å². The van der Waals surface area contributed by atoms with E-state index < -0.39 is 0 Å². The Morgan fingerprint density at radius 1 is 1.12 bits per heavy atom. The summed E-state index contributed by atoms with van der Waals surface area (Å²) in [5.41, 5.74) is 6.32. The molecule has 0 aliphatic heterocycles. The summed E-state index contributed by atoms with van der Waals surface area (Å²) in [4.78, 5) is 8.08. The van der Waals surface area contributed by atoms with Gasteiger partial charge in [-0.3, -0.25) is 0 Å². The summed E-state index contributed by atoms with van der Waals surface area (Å²) in [6, 6.07) is 7.78. The van der Waals surface area contributed by atoms with E-state index in [4.69, 9.17) is 10.5 Å². The van der Waals surface area contributed by atoms with E-state index in [1.807, 2.05) is 24.3 Å². The van der Waals surface area contributed by atoms with Crippen molar-refractivity contribution in [2.24, 2.45) is 5.73 Å². The summed E-state index contributed by atoms with van der Waals surface area (Å²) in [5, 5.41) is 0. The number of rotatable bonds is 3. The Morgan fingerprint density at radius 2 is 1.75 bits per heavy atom. The highest BCUT2D eigenvalue weighted by molar-refractivity contribution is 9.10. The van der Waals surface area contributed by atoms with Crippen LogP contribution in [-0.2, 0) is 6.54 Å². The molecule has 2 N–H and O–H groups in total. The Kier molecular flexibility index (Phi) is 3.48. The Labute approximate surface area is 102 Å². The Bertz CT molecular complexity index is 456. The van der Waals surface area contributed by atoms with Crippen LogP contribution in [0.1, 0.15) is 5.56 Å². The molecule has 0 radical (unpaired) electrons. The van der Waals surface area contributed by atoms with Crippen LogP contribution in [0.25, 0.3) is 0 Å². The maximum Gasteiger partial charge on any atom is 0.321 e. The van der Waals surface area contributed by atoms with Crippen molar-refractivity contribution < 1.29 is 4.74 Å². The molecule has 1 aromatic heterocycles. The van der Waals surface area contributed by atoms with Crippen LogP contribution in [0, 0.1) is 0 Å². The van der Waals surface area contributed by atoms with Gasteiger partial charge in [0.25, 0.3) is 0 Å². The largest absolute Gasteiger partial charge is 0.424 e. The number of benzene rings is 1. The third kappa shape index (κ3) is 2.77. The molecule has 0 atom stereocenters. The van der Waals surface area contributed by atoms with Crippen LogP contribution in [0.3, 0.4) is 0 Å². The van der Waals surface area contributed by atoms with Gasteiger partial charge in [-0.25, -0.2) is 9.97 Å². The zero-order chi connectivity index (χ0) is 11.4. The lowest BCUT2D eigenvalue weighted by Crippen LogP contribution is -1.99. The Morgan fingerprint density at radius 3 is 2.31 bits per heavy atom. The number of hydrogen-bond donors (Lipinski definition) is 1. The highest BCUT2D eigenvalue weighted by Gasteiger charge is 2.00. The standard InChI is InChI=1S/C11H10BrN3O/c12-9-1-3-10(4-2-9)16-11-14-6-8(5-13)7-15-11/h1-4,6-7H,5,13H2. The smallest absolute Gasteiger partial charge is 0.321 e. The quantitative estimate of drug-likeness (QED) is 0.938. The van der Waals surface area contributed by atoms with Crippen molar-refractivity contribution in [3.8, 4) is 11.8 Å². The van der Waals surface area contributed by atoms with Gasteiger partial charge in [-0.15, -0.1) is 0 Å². The number of nitrogens with zero attached hydrogens (tertiary/aromatic N) is 2. The molecule has 0 unspecified atom stereocenters. The zero-order valence-electron chi connectivity index (χ0n) is 8.43. The van der Waals surface area contributed by atoms with Gasteiger partial charge in [-0.1, -0.05) is 15.9 Å². The van der Waals surface area contributed by atoms with Gasteiger partial charge in [0, 0.05) is 29.0 Å². The van der Waals surface area contributed by atoms with Crippen LogP contribution in [0.5, 0.6) is 11.8 Å². The zero-order valence-corrected chi connectivity index (χ0v) is 10.0. The van der Waals surface area contributed by atoms with Crippen LogP contribution >= 0.6 is 15.9 Å². The van der Waals surface area contributed by atoms with Gasteiger partial charge in [0.05, 0.1) is 0 Å². The summed E-state index contributed by atoms with van der Waals surface area (Å²) in [7, 11) is 0. The third-order valence-electron chi connectivity index (χ3n) is 1.94. The van der Waals surface area contributed by atoms with Gasteiger partial charge >= 0.3 is 6.01 Å². The van der Waals surface area contributed by atoms with Crippen LogP contribution < -0.4 is 10.5 Å². The normalized spacial score (nSPS) is 10.1. The number of hydrogen-bond acceptors (Lipinski definition) is 4. The van der Waals surface area contributed by atoms with Crippen molar-refractivity contribution in [3.05, 3.63) is 46.7 Å². The molecule has 0 aliphatic carbocycles. The fraction of sp³-hybridized carbons (Fsp3) is 0.0909. The summed E-state index contributed by atoms with van der Waals surface area (Å²) in [6.07, 6.45) is 3.31. The van der Waals surface area contributed by atoms with Crippen LogP contribution in [-0.4, -0.2) is 9.97 Å². The van der Waals surface area contributed by atoms with Crippen molar-refractivity contribution in [2.75, 3.05) is 0 Å². The molecule has 82 valence electrons. The predicted octanol–water partition coefficient (Wildman–Crippen LogP) is 2.49. The van der Waals surface area contributed by atoms with E-state index in [9.17, 15) is 0 Å². The number of halogens is 1. The molecular weight excluding hydrogens is 270 g/mol. The highest BCUT2D eigenvalue weighted by Crippen LogP contribution is 2.20. The average Bonchev–Trinajstić information content (AvgIpc) is 2.33. The van der Waals surface area contributed by atoms with Gasteiger partial charge in [0.2, 0.25) is 0 Å². The summed E-state index contributed by atoms with van der Waals surface area (Å²) < 4.78 is 6.45. The van der Waals surface area contributed by atoms with Crippen LogP contribution in [0.2, 0.25) is 0 Å². The molecule has 1 aromatic carbocycles. The second-order valence-corrected chi connectivity index (χ2v) is 4.05. The van der Waals surface area contributed by atoms with Crippen molar-refractivity contribution >= 4 is 15.9 Å². The first kappa shape index (κ1) is 11.0. The van der Waals surface area contributed by atoms with E-state index in [0.29, 0.717) is 18.3 Å². The maximum atomic E-state index is 5.45. The SMILES string of the molecule is NCc1cnc(Oc2ccc(Br)cc2)nc1. The second kappa shape index (κ2) is 5.05. The first-order valence-corrected chi connectivity index (χ1v) is 5.51. The molecule has 16 heavy (non-hydrogen) atoms. The third-order valence-corrected chi connectivity index (χ3v) is 2.47. The van der Waals surface area contributed by atoms with Crippen molar-refractivity contribution in [1.29, 1.82) is 0 Å². The fourth-order valence-corrected chi connectivity index (χ4v) is 1.37. The van der Waals surface area contributed by atoms with E-state index in [1.54, 1.807) is 12.4 Å². The lowest BCUT2D eigenvalue weighted by atomic mass is 10.3. The van der Waals surface area contributed by atoms with E-state index in [1.165, 1.54) is 0 Å². The molecule has 2 aromatic rings. The molecular formula is C11H10BrN3O. The van der Waals surface area contributed by atoms with Gasteiger partial charge in [-0.2, -0.15) is 0 Å². The first-order valence-electron chi connectivity index (χ1n) is 4.72. The van der Waals surface area contributed by atoms with E-state index >= 15 is 0 Å². The topological polar surface area (TPSA) is 61.0 Å². The molecule has 0 fully saturated rings. The lowest BCUT2D eigenvalue weighted by Gasteiger charge is -2.03. The first-order chi connectivity index (χ1) is 7.78. The molecule has 0 aliphatic rings. The molecule has 1 heterocycles. The highest BCUT2D eigenvalue weighted by atomic mass is 79.9. The summed E-state index contributed by atoms with van der Waals surface area (Å²) >= 11 is 3.35. The minimum absolute atomic E-state index is 0.319. The van der Waals surface area contributed by atoms with Gasteiger partial charge in [0.1, 0.15) is 5.75 Å². The second-order valence-electron chi connectivity index (χ2n) is 3.13. The van der Waals surface area contributed by atoms with Crippen LogP contribution in [0.4, 0.5) is 0 Å². The maximum absolute atomic E-state index is 5.45. The van der Waals surface area contributed by atoms with E-state index in [-0.39, 0.29) is 0 Å².